The molecule has 118 valence electrons. The van der Waals surface area contributed by atoms with E-state index in [2.05, 4.69) is 30.6 Å². The van der Waals surface area contributed by atoms with Gasteiger partial charge in [-0.25, -0.2) is 0 Å². The summed E-state index contributed by atoms with van der Waals surface area (Å²) in [5.41, 5.74) is 0.727. The van der Waals surface area contributed by atoms with Gasteiger partial charge in [0.15, 0.2) is 12.1 Å². The van der Waals surface area contributed by atoms with Gasteiger partial charge in [0, 0.05) is 12.8 Å². The Morgan fingerprint density at radius 2 is 2.00 bits per heavy atom. The molecule has 2 aliphatic rings. The largest absolute Gasteiger partial charge is 0.497 e. The zero-order valence-corrected chi connectivity index (χ0v) is 16.3. The van der Waals surface area contributed by atoms with E-state index in [-0.39, 0.29) is 6.33 Å². The average molecular weight is 371 g/mol. The molecule has 0 amide bonds. The lowest BCUT2D eigenvalue weighted by atomic mass is 10.1. The molecule has 6 unspecified atom stereocenters. The Hall–Kier alpha value is 0.0200. The van der Waals surface area contributed by atoms with Crippen molar-refractivity contribution in [2.75, 3.05) is 14.2 Å². The summed E-state index contributed by atoms with van der Waals surface area (Å²) in [6.45, 7) is -0.459. The van der Waals surface area contributed by atoms with Crippen LogP contribution in [0.3, 0.4) is 0 Å². The molecule has 1 aromatic rings. The first kappa shape index (κ1) is 16.9. The van der Waals surface area contributed by atoms with Crippen LogP contribution in [0.2, 0.25) is 0 Å². The molecule has 0 aliphatic heterocycles. The molecule has 6 heteroatoms. The number of rotatable bonds is 6. The van der Waals surface area contributed by atoms with Gasteiger partial charge < -0.3 is 9.47 Å². The molecule has 1 saturated carbocycles. The summed E-state index contributed by atoms with van der Waals surface area (Å²) < 4.78 is 10.7. The summed E-state index contributed by atoms with van der Waals surface area (Å²) in [6, 6.07) is 8.28. The Balaban J connectivity index is 1.57. The van der Waals surface area contributed by atoms with E-state index in [1.54, 1.807) is 14.2 Å². The summed E-state index contributed by atoms with van der Waals surface area (Å²) in [5, 5.41) is 1.30. The summed E-state index contributed by atoms with van der Waals surface area (Å²) in [7, 11) is 3.49. The Labute approximate surface area is 143 Å². The van der Waals surface area contributed by atoms with Crippen molar-refractivity contribution in [3.05, 3.63) is 36.4 Å². The Bertz CT molecular complexity index is 576. The fourth-order valence-electron chi connectivity index (χ4n) is 2.97. The van der Waals surface area contributed by atoms with Crippen molar-refractivity contribution in [3.63, 3.8) is 0 Å². The third-order valence-electron chi connectivity index (χ3n) is 4.34. The highest BCUT2D eigenvalue weighted by Crippen LogP contribution is 2.77. The first-order chi connectivity index (χ1) is 10.6. The van der Waals surface area contributed by atoms with Gasteiger partial charge in [0.1, 0.15) is 16.8 Å². The quantitative estimate of drug-likeness (QED) is 0.444. The maximum Gasteiger partial charge on any atom is 0.200 e. The summed E-state index contributed by atoms with van der Waals surface area (Å²) >= 11 is 6.91. The van der Waals surface area contributed by atoms with Gasteiger partial charge in [-0.3, -0.25) is 0 Å². The van der Waals surface area contributed by atoms with E-state index in [1.165, 1.54) is 5.30 Å². The van der Waals surface area contributed by atoms with Crippen molar-refractivity contribution in [1.82, 2.24) is 0 Å². The van der Waals surface area contributed by atoms with E-state index >= 15 is 0 Å². The molecule has 2 aliphatic carbocycles. The number of hydrogen-bond donors (Lipinski definition) is 1. The first-order valence-corrected chi connectivity index (χ1v) is 13.4. The highest BCUT2D eigenvalue weighted by molar-refractivity contribution is 9.00. The van der Waals surface area contributed by atoms with Gasteiger partial charge in [-0.1, -0.05) is 12.2 Å². The smallest absolute Gasteiger partial charge is 0.200 e. The van der Waals surface area contributed by atoms with Crippen LogP contribution in [0.25, 0.3) is 0 Å². The number of ether oxygens (including phenoxy) is 2. The molecule has 1 fully saturated rings. The van der Waals surface area contributed by atoms with Crippen LogP contribution in [-0.4, -0.2) is 32.3 Å². The second kappa shape index (κ2) is 7.28. The summed E-state index contributed by atoms with van der Waals surface area (Å²) in [4.78, 5) is 0. The number of hydrogen-bond acceptors (Lipinski definition) is 4. The average Bonchev–Trinajstić information content (AvgIpc) is 3.28. The molecule has 6 atom stereocenters. The maximum absolute atomic E-state index is 5.46. The number of benzene rings is 1. The molecular formula is C16H21O2P2S2+. The Morgan fingerprint density at radius 3 is 2.64 bits per heavy atom. The third-order valence-corrected chi connectivity index (χ3v) is 15.3. The first-order valence-electron chi connectivity index (χ1n) is 7.26. The fraction of sp³-hybridized carbons (Fsp3) is 0.438. The topological polar surface area (TPSA) is 18.5 Å². The highest BCUT2D eigenvalue weighted by Gasteiger charge is 2.55. The van der Waals surface area contributed by atoms with Crippen LogP contribution >= 0.6 is 36.3 Å². The van der Waals surface area contributed by atoms with E-state index < -0.39 is 6.75 Å². The van der Waals surface area contributed by atoms with Gasteiger partial charge in [0.25, 0.3) is 0 Å². The second-order valence-corrected chi connectivity index (χ2v) is 14.8. The van der Waals surface area contributed by atoms with Crippen LogP contribution < -0.4 is 10.0 Å². The van der Waals surface area contributed by atoms with Gasteiger partial charge in [-0.2, -0.15) is 0 Å². The van der Waals surface area contributed by atoms with Crippen molar-refractivity contribution in [2.45, 2.75) is 18.2 Å². The molecular weight excluding hydrogens is 350 g/mol. The van der Waals surface area contributed by atoms with E-state index in [9.17, 15) is 0 Å². The molecule has 0 saturated heterocycles. The van der Waals surface area contributed by atoms with E-state index in [4.69, 9.17) is 21.7 Å². The van der Waals surface area contributed by atoms with Gasteiger partial charge in [-0.15, -0.1) is 12.2 Å². The molecule has 0 aromatic heterocycles. The van der Waals surface area contributed by atoms with Gasteiger partial charge in [0.2, 0.25) is 0 Å². The molecule has 0 bridgehead atoms. The normalized spacial score (nSPS) is 31.3. The number of allylic oxidation sites excluding steroid dienone is 1. The van der Waals surface area contributed by atoms with Crippen LogP contribution in [0, 0.1) is 11.8 Å². The summed E-state index contributed by atoms with van der Waals surface area (Å²) in [5.74, 6) is 2.39. The highest BCUT2D eigenvalue weighted by atomic mass is 33.2. The summed E-state index contributed by atoms with van der Waals surface area (Å²) in [6.07, 6.45) is 10.1. The second-order valence-electron chi connectivity index (χ2n) is 5.59. The zero-order chi connectivity index (χ0) is 15.7. The Morgan fingerprint density at radius 1 is 1.27 bits per heavy atom. The molecule has 3 rings (SSSR count). The number of thiol groups is 1. The SMILES string of the molecule is C=[P+](SP(S)C1C2C=CC(OC)CC21)c1ccc(OC)cc1. The number of methoxy groups -OCH3 is 2. The lowest BCUT2D eigenvalue weighted by Crippen LogP contribution is -2.11. The maximum atomic E-state index is 5.46. The lowest BCUT2D eigenvalue weighted by Gasteiger charge is -2.13. The van der Waals surface area contributed by atoms with Crippen LogP contribution in [0.1, 0.15) is 6.42 Å². The molecule has 22 heavy (non-hydrogen) atoms. The minimum absolute atomic E-state index is 0.302. The predicted octanol–water partition coefficient (Wildman–Crippen LogP) is 4.71. The van der Waals surface area contributed by atoms with E-state index in [0.717, 1.165) is 29.7 Å². The van der Waals surface area contributed by atoms with E-state index in [1.807, 2.05) is 23.1 Å². The van der Waals surface area contributed by atoms with Crippen molar-refractivity contribution < 1.29 is 9.47 Å². The van der Waals surface area contributed by atoms with Crippen LogP contribution in [0.15, 0.2) is 36.4 Å². The molecule has 1 aromatic carbocycles. The lowest BCUT2D eigenvalue weighted by molar-refractivity contribution is 0.124. The standard InChI is InChI=1S/C16H21O2P2S2/c1-17-11-4-7-13(8-5-11)19(3)22-20(21)16-14-9-6-12(18-2)10-15(14)16/h4-9,12,14-16,21H,3,10H2,1-2H3/q+1. The predicted molar refractivity (Wildman–Crippen MR) is 105 cm³/mol. The minimum Gasteiger partial charge on any atom is -0.497 e. The molecule has 0 heterocycles. The minimum atomic E-state index is -0.459. The third kappa shape index (κ3) is 3.57. The van der Waals surface area contributed by atoms with Gasteiger partial charge in [0.05, 0.1) is 25.8 Å². The van der Waals surface area contributed by atoms with Gasteiger partial charge in [-0.05, 0) is 42.5 Å². The molecule has 0 N–H and O–H groups in total. The van der Waals surface area contributed by atoms with Crippen LogP contribution in [0.4, 0.5) is 0 Å². The monoisotopic (exact) mass is 371 g/mol. The van der Waals surface area contributed by atoms with Crippen LogP contribution in [0.5, 0.6) is 5.75 Å². The van der Waals surface area contributed by atoms with Crippen molar-refractivity contribution in [1.29, 1.82) is 0 Å². The molecule has 0 radical (unpaired) electrons. The molecule has 0 spiro atoms. The molecule has 2 nitrogen and oxygen atoms in total. The Kier molecular flexibility index (Phi) is 5.58. The van der Waals surface area contributed by atoms with Crippen molar-refractivity contribution in [3.8, 4) is 5.75 Å². The van der Waals surface area contributed by atoms with E-state index in [0.29, 0.717) is 6.10 Å². The van der Waals surface area contributed by atoms with Crippen molar-refractivity contribution in [2.24, 2.45) is 11.8 Å². The van der Waals surface area contributed by atoms with Gasteiger partial charge >= 0.3 is 0 Å². The van der Waals surface area contributed by atoms with Crippen molar-refractivity contribution >= 4 is 47.9 Å². The fourth-order valence-corrected chi connectivity index (χ4v) is 14.5. The van der Waals surface area contributed by atoms with Crippen LogP contribution in [-0.2, 0) is 4.74 Å². The number of fused-ring (bicyclic) bond motifs is 1. The zero-order valence-electron chi connectivity index (χ0n) is 12.8.